The molecule has 0 saturated carbocycles. The number of rotatable bonds is 0. The first-order chi connectivity index (χ1) is 5.60. The van der Waals surface area contributed by atoms with Gasteiger partial charge in [-0.25, -0.2) is 0 Å². The van der Waals surface area contributed by atoms with E-state index in [0.29, 0.717) is 0 Å². The van der Waals surface area contributed by atoms with Gasteiger partial charge >= 0.3 is 0 Å². The minimum Gasteiger partial charge on any atom is -0.412 e. The van der Waals surface area contributed by atoms with E-state index in [4.69, 9.17) is 5.26 Å². The Morgan fingerprint density at radius 1 is 1.15 bits per heavy atom. The van der Waals surface area contributed by atoms with Crippen LogP contribution in [0.25, 0.3) is 0 Å². The molecule has 0 bridgehead atoms. The SMILES string of the molecule is CC#N.Cc1cc(C)nc(C)c1.O. The molecule has 0 spiro atoms. The van der Waals surface area contributed by atoms with Crippen LogP contribution in [0.3, 0.4) is 0 Å². The summed E-state index contributed by atoms with van der Waals surface area (Å²) in [5.74, 6) is 0. The van der Waals surface area contributed by atoms with Gasteiger partial charge in [-0.2, -0.15) is 5.26 Å². The summed E-state index contributed by atoms with van der Waals surface area (Å²) >= 11 is 0. The fraction of sp³-hybridized carbons (Fsp3) is 0.400. The second kappa shape index (κ2) is 7.26. The average molecular weight is 180 g/mol. The molecule has 72 valence electrons. The third-order valence-electron chi connectivity index (χ3n) is 1.23. The van der Waals surface area contributed by atoms with Crippen LogP contribution in [-0.4, -0.2) is 10.5 Å². The van der Waals surface area contributed by atoms with Crippen LogP contribution in [0, 0.1) is 32.1 Å². The van der Waals surface area contributed by atoms with E-state index in [1.54, 1.807) is 6.07 Å². The number of nitriles is 1. The highest BCUT2D eigenvalue weighted by Gasteiger charge is 1.88. The highest BCUT2D eigenvalue weighted by atomic mass is 16.0. The van der Waals surface area contributed by atoms with Crippen LogP contribution in [0.5, 0.6) is 0 Å². The second-order valence-corrected chi connectivity index (χ2v) is 2.65. The lowest BCUT2D eigenvalue weighted by atomic mass is 10.2. The van der Waals surface area contributed by atoms with Crippen molar-refractivity contribution in [2.75, 3.05) is 0 Å². The maximum absolute atomic E-state index is 7.32. The van der Waals surface area contributed by atoms with Crippen LogP contribution in [-0.2, 0) is 0 Å². The molecular weight excluding hydrogens is 164 g/mol. The molecule has 1 heterocycles. The van der Waals surface area contributed by atoms with E-state index < -0.39 is 0 Å². The molecule has 13 heavy (non-hydrogen) atoms. The number of hydrogen-bond acceptors (Lipinski definition) is 2. The van der Waals surface area contributed by atoms with E-state index in [1.807, 2.05) is 13.8 Å². The molecule has 0 saturated heterocycles. The summed E-state index contributed by atoms with van der Waals surface area (Å²) in [5, 5.41) is 7.32. The standard InChI is InChI=1S/C8H11N.C2H3N.H2O/c1-6-4-7(2)9-8(3)5-6;1-2-3;/h4-5H,1-3H3;1H3;1H2. The normalized spacial score (nSPS) is 7.31. The first-order valence-corrected chi connectivity index (χ1v) is 3.83. The van der Waals surface area contributed by atoms with Gasteiger partial charge in [0.25, 0.3) is 0 Å². The van der Waals surface area contributed by atoms with Crippen molar-refractivity contribution in [3.63, 3.8) is 0 Å². The second-order valence-electron chi connectivity index (χ2n) is 2.65. The Kier molecular flexibility index (Phi) is 7.90. The van der Waals surface area contributed by atoms with Crippen LogP contribution < -0.4 is 0 Å². The zero-order valence-electron chi connectivity index (χ0n) is 8.55. The van der Waals surface area contributed by atoms with Gasteiger partial charge in [0.2, 0.25) is 0 Å². The van der Waals surface area contributed by atoms with Gasteiger partial charge in [0, 0.05) is 18.3 Å². The average Bonchev–Trinajstić information content (AvgIpc) is 1.84. The van der Waals surface area contributed by atoms with Crippen molar-refractivity contribution in [2.24, 2.45) is 0 Å². The summed E-state index contributed by atoms with van der Waals surface area (Å²) in [6.45, 7) is 7.54. The van der Waals surface area contributed by atoms with Crippen molar-refractivity contribution >= 4 is 0 Å². The van der Waals surface area contributed by atoms with Crippen LogP contribution in [0.4, 0.5) is 0 Å². The van der Waals surface area contributed by atoms with Gasteiger partial charge in [-0.15, -0.1) is 0 Å². The molecule has 0 aromatic carbocycles. The lowest BCUT2D eigenvalue weighted by molar-refractivity contribution is 0.824. The van der Waals surface area contributed by atoms with Crippen molar-refractivity contribution < 1.29 is 5.48 Å². The Morgan fingerprint density at radius 2 is 1.46 bits per heavy atom. The molecule has 1 rings (SSSR count). The molecule has 0 aliphatic carbocycles. The summed E-state index contributed by atoms with van der Waals surface area (Å²) in [6, 6.07) is 5.90. The van der Waals surface area contributed by atoms with E-state index >= 15 is 0 Å². The summed E-state index contributed by atoms with van der Waals surface area (Å²) in [5.41, 5.74) is 3.50. The van der Waals surface area contributed by atoms with Crippen LogP contribution in [0.15, 0.2) is 12.1 Å². The van der Waals surface area contributed by atoms with Crippen molar-refractivity contribution in [3.8, 4) is 6.07 Å². The Labute approximate surface area is 79.4 Å². The summed E-state index contributed by atoms with van der Waals surface area (Å²) in [7, 11) is 0. The molecule has 0 unspecified atom stereocenters. The van der Waals surface area contributed by atoms with Gasteiger partial charge in [0.05, 0.1) is 6.07 Å². The Hall–Kier alpha value is -1.40. The molecule has 3 nitrogen and oxygen atoms in total. The third-order valence-corrected chi connectivity index (χ3v) is 1.23. The highest BCUT2D eigenvalue weighted by Crippen LogP contribution is 2.01. The minimum atomic E-state index is 0. The molecule has 1 aromatic rings. The quantitative estimate of drug-likeness (QED) is 0.610. The Morgan fingerprint density at radius 3 is 1.69 bits per heavy atom. The zero-order valence-corrected chi connectivity index (χ0v) is 8.55. The summed E-state index contributed by atoms with van der Waals surface area (Å²) in [6.07, 6.45) is 0. The van der Waals surface area contributed by atoms with Crippen molar-refractivity contribution in [2.45, 2.75) is 27.7 Å². The monoisotopic (exact) mass is 180 g/mol. The predicted octanol–water partition coefficient (Wildman–Crippen LogP) is 1.71. The molecule has 0 aliphatic rings. The molecule has 0 aliphatic heterocycles. The Balaban J connectivity index is 0. The third kappa shape index (κ3) is 6.98. The first kappa shape index (κ1) is 14.1. The topological polar surface area (TPSA) is 68.2 Å². The fourth-order valence-corrected chi connectivity index (χ4v) is 1.04. The van der Waals surface area contributed by atoms with Gasteiger partial charge in [0.1, 0.15) is 0 Å². The lowest BCUT2D eigenvalue weighted by Gasteiger charge is -1.96. The van der Waals surface area contributed by atoms with Crippen molar-refractivity contribution in [1.82, 2.24) is 4.98 Å². The number of pyridine rings is 1. The largest absolute Gasteiger partial charge is 0.412 e. The van der Waals surface area contributed by atoms with Gasteiger partial charge in [-0.3, -0.25) is 4.98 Å². The van der Waals surface area contributed by atoms with E-state index in [0.717, 1.165) is 11.4 Å². The number of aryl methyl sites for hydroxylation is 3. The number of aromatic nitrogens is 1. The molecule has 2 N–H and O–H groups in total. The van der Waals surface area contributed by atoms with Crippen molar-refractivity contribution in [1.29, 1.82) is 5.26 Å². The molecule has 0 atom stereocenters. The van der Waals surface area contributed by atoms with Crippen molar-refractivity contribution in [3.05, 3.63) is 29.1 Å². The minimum absolute atomic E-state index is 0. The molecular formula is C10H16N2O. The van der Waals surface area contributed by atoms with E-state index in [9.17, 15) is 0 Å². The maximum Gasteiger partial charge on any atom is 0.0587 e. The summed E-state index contributed by atoms with van der Waals surface area (Å²) < 4.78 is 0. The first-order valence-electron chi connectivity index (χ1n) is 3.83. The molecule has 3 heteroatoms. The maximum atomic E-state index is 7.32. The van der Waals surface area contributed by atoms with Crippen LogP contribution in [0.2, 0.25) is 0 Å². The smallest absolute Gasteiger partial charge is 0.0587 e. The van der Waals surface area contributed by atoms with Crippen LogP contribution >= 0.6 is 0 Å². The lowest BCUT2D eigenvalue weighted by Crippen LogP contribution is -1.85. The summed E-state index contributed by atoms with van der Waals surface area (Å²) in [4.78, 5) is 4.23. The number of hydrogen-bond donors (Lipinski definition) is 0. The van der Waals surface area contributed by atoms with E-state index in [-0.39, 0.29) is 5.48 Å². The van der Waals surface area contributed by atoms with Crippen LogP contribution in [0.1, 0.15) is 23.9 Å². The predicted molar refractivity (Wildman–Crippen MR) is 53.3 cm³/mol. The van der Waals surface area contributed by atoms with Gasteiger partial charge < -0.3 is 5.48 Å². The van der Waals surface area contributed by atoms with Gasteiger partial charge in [-0.05, 0) is 38.5 Å². The molecule has 0 radical (unpaired) electrons. The molecule has 0 fully saturated rings. The van der Waals surface area contributed by atoms with Gasteiger partial charge in [0.15, 0.2) is 0 Å². The Bertz CT molecular complexity index is 239. The number of nitrogens with zero attached hydrogens (tertiary/aromatic N) is 2. The molecule has 1 aromatic heterocycles. The highest BCUT2D eigenvalue weighted by molar-refractivity contribution is 5.18. The van der Waals surface area contributed by atoms with Gasteiger partial charge in [-0.1, -0.05) is 0 Å². The molecule has 0 amide bonds. The zero-order chi connectivity index (χ0) is 9.56. The fourth-order valence-electron chi connectivity index (χ4n) is 1.04. The van der Waals surface area contributed by atoms with E-state index in [1.165, 1.54) is 12.5 Å². The van der Waals surface area contributed by atoms with E-state index in [2.05, 4.69) is 24.0 Å².